The lowest BCUT2D eigenvalue weighted by atomic mass is 9.84. The molecule has 0 bridgehead atoms. The van der Waals surface area contributed by atoms with Gasteiger partial charge in [0.05, 0.1) is 12.2 Å². The van der Waals surface area contributed by atoms with E-state index in [2.05, 4.69) is 44.4 Å². The van der Waals surface area contributed by atoms with E-state index in [4.69, 9.17) is 9.47 Å². The van der Waals surface area contributed by atoms with E-state index >= 15 is 0 Å². The van der Waals surface area contributed by atoms with Gasteiger partial charge in [0, 0.05) is 22.7 Å². The number of halogens is 1. The molecule has 1 aromatic heterocycles. The summed E-state index contributed by atoms with van der Waals surface area (Å²) >= 11 is 3.39. The van der Waals surface area contributed by atoms with Crippen molar-refractivity contribution in [3.8, 4) is 11.6 Å². The summed E-state index contributed by atoms with van der Waals surface area (Å²) in [5.41, 5.74) is 1.38. The fourth-order valence-corrected chi connectivity index (χ4v) is 3.90. The lowest BCUT2D eigenvalue weighted by Crippen LogP contribution is -2.41. The van der Waals surface area contributed by atoms with Crippen molar-refractivity contribution >= 4 is 15.9 Å². The highest BCUT2D eigenvalue weighted by Gasteiger charge is 2.41. The molecule has 0 radical (unpaired) electrons. The fourth-order valence-electron chi connectivity index (χ4n) is 3.66. The smallest absolute Gasteiger partial charge is 0.219 e. The third-order valence-electron chi connectivity index (χ3n) is 4.98. The van der Waals surface area contributed by atoms with Gasteiger partial charge in [-0.2, -0.15) is 0 Å². The molecule has 126 valence electrons. The maximum Gasteiger partial charge on any atom is 0.219 e. The number of rotatable bonds is 3. The Morgan fingerprint density at radius 3 is 2.88 bits per heavy atom. The molecule has 1 N–H and O–H groups in total. The third-order valence-corrected chi connectivity index (χ3v) is 5.45. The Balaban J connectivity index is 1.47. The zero-order valence-corrected chi connectivity index (χ0v) is 15.1. The lowest BCUT2D eigenvalue weighted by molar-refractivity contribution is -0.0193. The topological polar surface area (TPSA) is 43.4 Å². The van der Waals surface area contributed by atoms with E-state index in [-0.39, 0.29) is 5.60 Å². The zero-order chi connectivity index (χ0) is 16.4. The third kappa shape index (κ3) is 3.48. The minimum Gasteiger partial charge on any atom is -0.439 e. The maximum atomic E-state index is 6.22. The molecule has 1 aromatic carbocycles. The molecular formula is C19H21BrN2O2. The average Bonchev–Trinajstić information content (AvgIpc) is 3.01. The molecule has 2 fully saturated rings. The van der Waals surface area contributed by atoms with E-state index in [1.807, 2.05) is 18.2 Å². The van der Waals surface area contributed by atoms with Gasteiger partial charge in [0.2, 0.25) is 5.88 Å². The number of aromatic nitrogens is 1. The van der Waals surface area contributed by atoms with Gasteiger partial charge in [0.15, 0.2) is 0 Å². The van der Waals surface area contributed by atoms with E-state index in [1.165, 1.54) is 5.56 Å². The van der Waals surface area contributed by atoms with Gasteiger partial charge < -0.3 is 14.8 Å². The Kier molecular flexibility index (Phi) is 4.57. The second kappa shape index (κ2) is 6.82. The predicted molar refractivity (Wildman–Crippen MR) is 96.6 cm³/mol. The molecule has 2 aliphatic rings. The number of benzene rings is 1. The maximum absolute atomic E-state index is 6.22. The molecule has 5 heteroatoms. The largest absolute Gasteiger partial charge is 0.439 e. The Morgan fingerprint density at radius 1 is 1.21 bits per heavy atom. The van der Waals surface area contributed by atoms with E-state index < -0.39 is 0 Å². The van der Waals surface area contributed by atoms with Crippen LogP contribution in [0.25, 0.3) is 0 Å². The number of hydrogen-bond donors (Lipinski definition) is 1. The van der Waals surface area contributed by atoms with Crippen molar-refractivity contribution in [3.05, 3.63) is 52.6 Å². The van der Waals surface area contributed by atoms with E-state index in [0.29, 0.717) is 11.8 Å². The Bertz CT molecular complexity index is 699. The number of pyridine rings is 1. The number of nitrogens with zero attached hydrogens (tertiary/aromatic N) is 1. The molecule has 0 unspecified atom stereocenters. The van der Waals surface area contributed by atoms with E-state index in [1.54, 1.807) is 6.20 Å². The summed E-state index contributed by atoms with van der Waals surface area (Å²) < 4.78 is 13.1. The summed E-state index contributed by atoms with van der Waals surface area (Å²) in [6.07, 6.45) is 5.07. The monoisotopic (exact) mass is 388 g/mol. The van der Waals surface area contributed by atoms with Gasteiger partial charge in [-0.3, -0.25) is 0 Å². The number of hydrogen-bond acceptors (Lipinski definition) is 4. The van der Waals surface area contributed by atoms with Gasteiger partial charge in [-0.25, -0.2) is 4.98 Å². The van der Waals surface area contributed by atoms with Crippen LogP contribution < -0.4 is 10.1 Å². The quantitative estimate of drug-likeness (QED) is 0.852. The molecule has 1 spiro atoms. The number of piperidine rings is 1. The standard InChI is InChI=1S/C19H21BrN2O2/c20-16-4-5-18(22-12-16)24-17-3-1-2-14(10-17)15-11-19(23-13-15)6-8-21-9-7-19/h1-5,10,12,15,21H,6-9,11,13H2/t15-/m0/s1. The fraction of sp³-hybridized carbons (Fsp3) is 0.421. The van der Waals surface area contributed by atoms with Crippen LogP contribution in [-0.2, 0) is 4.74 Å². The molecule has 2 saturated heterocycles. The molecule has 4 rings (SSSR count). The van der Waals surface area contributed by atoms with Gasteiger partial charge in [-0.05, 0) is 72.0 Å². The van der Waals surface area contributed by atoms with Crippen LogP contribution in [0.2, 0.25) is 0 Å². The van der Waals surface area contributed by atoms with Crippen LogP contribution in [0, 0.1) is 0 Å². The van der Waals surface area contributed by atoms with Crippen LogP contribution in [-0.4, -0.2) is 30.3 Å². The van der Waals surface area contributed by atoms with Crippen molar-refractivity contribution in [2.75, 3.05) is 19.7 Å². The van der Waals surface area contributed by atoms with Crippen molar-refractivity contribution in [2.24, 2.45) is 0 Å². The van der Waals surface area contributed by atoms with Gasteiger partial charge >= 0.3 is 0 Å². The van der Waals surface area contributed by atoms with Crippen molar-refractivity contribution in [3.63, 3.8) is 0 Å². The Labute approximate surface area is 150 Å². The minimum atomic E-state index is 0.0834. The Hall–Kier alpha value is -1.43. The summed E-state index contributed by atoms with van der Waals surface area (Å²) in [5, 5.41) is 3.42. The molecule has 4 nitrogen and oxygen atoms in total. The molecule has 2 aromatic rings. The van der Waals surface area contributed by atoms with Crippen molar-refractivity contribution in [1.82, 2.24) is 10.3 Å². The van der Waals surface area contributed by atoms with Crippen LogP contribution in [0.1, 0.15) is 30.7 Å². The van der Waals surface area contributed by atoms with Gasteiger partial charge in [0.25, 0.3) is 0 Å². The highest BCUT2D eigenvalue weighted by atomic mass is 79.9. The molecule has 0 saturated carbocycles. The summed E-state index contributed by atoms with van der Waals surface area (Å²) in [4.78, 5) is 4.27. The first-order valence-electron chi connectivity index (χ1n) is 8.47. The molecule has 1 atom stereocenters. The molecule has 0 amide bonds. The molecule has 24 heavy (non-hydrogen) atoms. The number of ether oxygens (including phenoxy) is 2. The van der Waals surface area contributed by atoms with E-state index in [0.717, 1.165) is 49.2 Å². The van der Waals surface area contributed by atoms with Crippen LogP contribution in [0.3, 0.4) is 0 Å². The van der Waals surface area contributed by atoms with Crippen LogP contribution in [0.15, 0.2) is 47.1 Å². The molecule has 0 aliphatic carbocycles. The zero-order valence-electron chi connectivity index (χ0n) is 13.5. The van der Waals surface area contributed by atoms with Crippen molar-refractivity contribution in [1.29, 1.82) is 0 Å². The average molecular weight is 389 g/mol. The van der Waals surface area contributed by atoms with Crippen molar-refractivity contribution in [2.45, 2.75) is 30.8 Å². The molecular weight excluding hydrogens is 368 g/mol. The van der Waals surface area contributed by atoms with Crippen molar-refractivity contribution < 1.29 is 9.47 Å². The first-order valence-corrected chi connectivity index (χ1v) is 9.26. The normalized spacial score (nSPS) is 22.6. The highest BCUT2D eigenvalue weighted by Crippen LogP contribution is 2.42. The highest BCUT2D eigenvalue weighted by molar-refractivity contribution is 9.10. The Morgan fingerprint density at radius 2 is 2.08 bits per heavy atom. The predicted octanol–water partition coefficient (Wildman–Crippen LogP) is 4.26. The van der Waals surface area contributed by atoms with Crippen LogP contribution >= 0.6 is 15.9 Å². The first kappa shape index (κ1) is 16.1. The van der Waals surface area contributed by atoms with Gasteiger partial charge in [0.1, 0.15) is 5.75 Å². The van der Waals surface area contributed by atoms with Gasteiger partial charge in [-0.15, -0.1) is 0 Å². The first-order chi connectivity index (χ1) is 11.7. The van der Waals surface area contributed by atoms with Gasteiger partial charge in [-0.1, -0.05) is 12.1 Å². The molecule has 2 aliphatic heterocycles. The van der Waals surface area contributed by atoms with Crippen LogP contribution in [0.4, 0.5) is 0 Å². The molecule has 3 heterocycles. The summed E-state index contributed by atoms with van der Waals surface area (Å²) in [6.45, 7) is 2.93. The van der Waals surface area contributed by atoms with E-state index in [9.17, 15) is 0 Å². The summed E-state index contributed by atoms with van der Waals surface area (Å²) in [7, 11) is 0. The SMILES string of the molecule is Brc1ccc(Oc2cccc([C@@H]3COC4(CCNCC4)C3)c2)nc1. The second-order valence-corrected chi connectivity index (χ2v) is 7.55. The lowest BCUT2D eigenvalue weighted by Gasteiger charge is -2.33. The number of nitrogens with one attached hydrogen (secondary N) is 1. The summed E-state index contributed by atoms with van der Waals surface area (Å²) in [6, 6.07) is 12.1. The minimum absolute atomic E-state index is 0.0834. The summed E-state index contributed by atoms with van der Waals surface area (Å²) in [5.74, 6) is 1.88. The van der Waals surface area contributed by atoms with Crippen LogP contribution in [0.5, 0.6) is 11.6 Å². The second-order valence-electron chi connectivity index (χ2n) is 6.63.